The smallest absolute Gasteiger partial charge is 0.308 e. The fraction of sp³-hybridized carbons (Fsp3) is 0.438. The monoisotopic (exact) mass is 262 g/mol. The quantitative estimate of drug-likeness (QED) is 0.510. The molecule has 0 saturated heterocycles. The summed E-state index contributed by atoms with van der Waals surface area (Å²) in [7, 11) is 0. The fourth-order valence-corrected chi connectivity index (χ4v) is 2.11. The van der Waals surface area contributed by atoms with Crippen molar-refractivity contribution in [2.45, 2.75) is 47.5 Å². The van der Waals surface area contributed by atoms with Gasteiger partial charge in [0.1, 0.15) is 11.5 Å². The van der Waals surface area contributed by atoms with Crippen molar-refractivity contribution in [3.8, 4) is 11.5 Å². The lowest BCUT2D eigenvalue weighted by atomic mass is 9.93. The molecule has 3 heteroatoms. The van der Waals surface area contributed by atoms with Crippen LogP contribution < -0.4 is 4.74 Å². The maximum Gasteiger partial charge on any atom is 0.308 e. The molecule has 1 aromatic carbocycles. The zero-order valence-corrected chi connectivity index (χ0v) is 12.4. The van der Waals surface area contributed by atoms with E-state index in [9.17, 15) is 9.90 Å². The highest BCUT2D eigenvalue weighted by Gasteiger charge is 2.18. The molecule has 0 aliphatic carbocycles. The first-order valence-corrected chi connectivity index (χ1v) is 6.40. The Kier molecular flexibility index (Phi) is 4.76. The largest absolute Gasteiger partial charge is 0.507 e. The van der Waals surface area contributed by atoms with Gasteiger partial charge in [-0.15, -0.1) is 6.58 Å². The van der Waals surface area contributed by atoms with Gasteiger partial charge in [0, 0.05) is 12.5 Å². The molecule has 19 heavy (non-hydrogen) atoms. The summed E-state index contributed by atoms with van der Waals surface area (Å²) in [5, 5.41) is 10.3. The average Bonchev–Trinajstić information content (AvgIpc) is 2.31. The lowest BCUT2D eigenvalue weighted by molar-refractivity contribution is -0.131. The normalized spacial score (nSPS) is 10.4. The summed E-state index contributed by atoms with van der Waals surface area (Å²) < 4.78 is 5.29. The molecule has 0 aromatic heterocycles. The van der Waals surface area contributed by atoms with Crippen LogP contribution in [0.3, 0.4) is 0 Å². The van der Waals surface area contributed by atoms with Gasteiger partial charge in [0.05, 0.1) is 0 Å². The van der Waals surface area contributed by atoms with Crippen molar-refractivity contribution in [3.63, 3.8) is 0 Å². The summed E-state index contributed by atoms with van der Waals surface area (Å²) in [5.74, 6) is 0.522. The number of rotatable bonds is 4. The van der Waals surface area contributed by atoms with Crippen molar-refractivity contribution in [3.05, 3.63) is 34.4 Å². The molecule has 0 radical (unpaired) electrons. The number of esters is 1. The van der Waals surface area contributed by atoms with Crippen molar-refractivity contribution < 1.29 is 14.6 Å². The van der Waals surface area contributed by atoms with Crippen LogP contribution in [0.4, 0.5) is 0 Å². The standard InChI is InChI=1S/C16H22O3/c1-9(2)7-8-14-12(5)16(19-13(6)17)11(4)10(3)15(14)18/h18H,1,7-8H2,2-6H3. The predicted octanol–water partition coefficient (Wildman–Crippen LogP) is 3.75. The zero-order valence-electron chi connectivity index (χ0n) is 12.4. The Morgan fingerprint density at radius 2 is 1.74 bits per heavy atom. The summed E-state index contributed by atoms with van der Waals surface area (Å²) in [6.07, 6.45) is 1.50. The number of hydrogen-bond donors (Lipinski definition) is 1. The highest BCUT2D eigenvalue weighted by molar-refractivity contribution is 5.72. The summed E-state index contributed by atoms with van der Waals surface area (Å²) in [6, 6.07) is 0. The number of hydrogen-bond acceptors (Lipinski definition) is 3. The third-order valence-corrected chi connectivity index (χ3v) is 3.38. The predicted molar refractivity (Wildman–Crippen MR) is 76.8 cm³/mol. The van der Waals surface area contributed by atoms with Gasteiger partial charge >= 0.3 is 5.97 Å². The molecule has 0 atom stereocenters. The molecule has 104 valence electrons. The van der Waals surface area contributed by atoms with Gasteiger partial charge in [-0.25, -0.2) is 0 Å². The van der Waals surface area contributed by atoms with E-state index in [0.717, 1.165) is 34.2 Å². The second-order valence-electron chi connectivity index (χ2n) is 5.08. The average molecular weight is 262 g/mol. The summed E-state index contributed by atoms with van der Waals surface area (Å²) in [4.78, 5) is 11.2. The van der Waals surface area contributed by atoms with Gasteiger partial charge in [0.25, 0.3) is 0 Å². The van der Waals surface area contributed by atoms with Crippen LogP contribution >= 0.6 is 0 Å². The van der Waals surface area contributed by atoms with Crippen LogP contribution in [0, 0.1) is 20.8 Å². The number of phenols is 1. The Hall–Kier alpha value is -1.77. The third kappa shape index (κ3) is 3.37. The van der Waals surface area contributed by atoms with Gasteiger partial charge in [-0.05, 0) is 57.2 Å². The number of aromatic hydroxyl groups is 1. The Morgan fingerprint density at radius 1 is 1.16 bits per heavy atom. The SMILES string of the molecule is C=C(C)CCc1c(C)c(OC(C)=O)c(C)c(C)c1O. The minimum atomic E-state index is -0.345. The Labute approximate surface area is 114 Å². The Balaban J connectivity index is 3.33. The molecule has 0 bridgehead atoms. The third-order valence-electron chi connectivity index (χ3n) is 3.38. The van der Waals surface area contributed by atoms with Crippen LogP contribution in [0.25, 0.3) is 0 Å². The van der Waals surface area contributed by atoms with Gasteiger partial charge in [-0.3, -0.25) is 4.79 Å². The summed E-state index contributed by atoms with van der Waals surface area (Å²) in [5.41, 5.74) is 4.30. The minimum Gasteiger partial charge on any atom is -0.507 e. The number of carbonyl (C=O) groups excluding carboxylic acids is 1. The first-order chi connectivity index (χ1) is 8.75. The van der Waals surface area contributed by atoms with Crippen molar-refractivity contribution in [2.24, 2.45) is 0 Å². The first kappa shape index (κ1) is 15.3. The molecule has 0 saturated carbocycles. The highest BCUT2D eigenvalue weighted by atomic mass is 16.5. The first-order valence-electron chi connectivity index (χ1n) is 6.40. The van der Waals surface area contributed by atoms with E-state index in [0.29, 0.717) is 17.9 Å². The molecule has 0 aliphatic heterocycles. The van der Waals surface area contributed by atoms with E-state index in [1.807, 2.05) is 27.7 Å². The van der Waals surface area contributed by atoms with Gasteiger partial charge in [0.15, 0.2) is 0 Å². The van der Waals surface area contributed by atoms with Crippen molar-refractivity contribution in [1.82, 2.24) is 0 Å². The highest BCUT2D eigenvalue weighted by Crippen LogP contribution is 2.38. The number of benzene rings is 1. The number of allylic oxidation sites excluding steroid dienone is 1. The van der Waals surface area contributed by atoms with Crippen LogP contribution in [0.2, 0.25) is 0 Å². The Morgan fingerprint density at radius 3 is 2.21 bits per heavy atom. The molecule has 1 rings (SSSR count). The van der Waals surface area contributed by atoms with Gasteiger partial charge in [-0.2, -0.15) is 0 Å². The van der Waals surface area contributed by atoms with E-state index in [-0.39, 0.29) is 5.97 Å². The zero-order chi connectivity index (χ0) is 14.7. The molecule has 0 heterocycles. The molecule has 3 nitrogen and oxygen atoms in total. The number of ether oxygens (including phenoxy) is 1. The lowest BCUT2D eigenvalue weighted by Crippen LogP contribution is -2.07. The molecule has 1 N–H and O–H groups in total. The van der Waals surface area contributed by atoms with Crippen LogP contribution in [0.5, 0.6) is 11.5 Å². The molecule has 0 spiro atoms. The van der Waals surface area contributed by atoms with Crippen LogP contribution in [-0.4, -0.2) is 11.1 Å². The summed E-state index contributed by atoms with van der Waals surface area (Å²) >= 11 is 0. The van der Waals surface area contributed by atoms with Crippen molar-refractivity contribution >= 4 is 5.97 Å². The molecule has 0 aliphatic rings. The number of phenolic OH excluding ortho intramolecular Hbond substituents is 1. The van der Waals surface area contributed by atoms with Gasteiger partial charge in [0.2, 0.25) is 0 Å². The van der Waals surface area contributed by atoms with E-state index < -0.39 is 0 Å². The van der Waals surface area contributed by atoms with E-state index in [4.69, 9.17) is 4.74 Å². The second kappa shape index (κ2) is 5.91. The minimum absolute atomic E-state index is 0.298. The van der Waals surface area contributed by atoms with E-state index in [1.54, 1.807) is 0 Å². The maximum atomic E-state index is 11.2. The van der Waals surface area contributed by atoms with E-state index in [2.05, 4.69) is 6.58 Å². The topological polar surface area (TPSA) is 46.5 Å². The van der Waals surface area contributed by atoms with E-state index in [1.165, 1.54) is 6.92 Å². The summed E-state index contributed by atoms with van der Waals surface area (Å²) in [6.45, 7) is 12.8. The molecule has 1 aromatic rings. The van der Waals surface area contributed by atoms with Gasteiger partial charge in [-0.1, -0.05) is 5.57 Å². The van der Waals surface area contributed by atoms with E-state index >= 15 is 0 Å². The molecular formula is C16H22O3. The fourth-order valence-electron chi connectivity index (χ4n) is 2.11. The second-order valence-corrected chi connectivity index (χ2v) is 5.08. The molecule has 0 amide bonds. The molecular weight excluding hydrogens is 240 g/mol. The molecule has 0 unspecified atom stereocenters. The van der Waals surface area contributed by atoms with Crippen LogP contribution in [0.1, 0.15) is 42.5 Å². The van der Waals surface area contributed by atoms with Crippen LogP contribution in [0.15, 0.2) is 12.2 Å². The van der Waals surface area contributed by atoms with Crippen molar-refractivity contribution in [2.75, 3.05) is 0 Å². The molecule has 0 fully saturated rings. The maximum absolute atomic E-state index is 11.2. The lowest BCUT2D eigenvalue weighted by Gasteiger charge is -2.18. The Bertz CT molecular complexity index is 528. The van der Waals surface area contributed by atoms with Gasteiger partial charge < -0.3 is 9.84 Å². The van der Waals surface area contributed by atoms with Crippen LogP contribution in [-0.2, 0) is 11.2 Å². The number of carbonyl (C=O) groups is 1. The van der Waals surface area contributed by atoms with Crippen molar-refractivity contribution in [1.29, 1.82) is 0 Å².